The summed E-state index contributed by atoms with van der Waals surface area (Å²) in [6.45, 7) is 1.42. The van der Waals surface area contributed by atoms with Gasteiger partial charge in [0.2, 0.25) is 11.9 Å². The Hall–Kier alpha value is -3.22. The van der Waals surface area contributed by atoms with Gasteiger partial charge in [-0.05, 0) is 12.5 Å². The molecule has 1 aliphatic heterocycles. The Morgan fingerprint density at radius 2 is 1.92 bits per heavy atom. The summed E-state index contributed by atoms with van der Waals surface area (Å²) in [4.78, 5) is 28.0. The number of hydrogen-bond acceptors (Lipinski definition) is 6. The molecule has 0 spiro atoms. The quantitative estimate of drug-likeness (QED) is 0.792. The Morgan fingerprint density at radius 1 is 1.08 bits per heavy atom. The van der Waals surface area contributed by atoms with Crippen LogP contribution in [-0.2, 0) is 6.54 Å². The van der Waals surface area contributed by atoms with Crippen molar-refractivity contribution >= 4 is 17.7 Å². The van der Waals surface area contributed by atoms with Crippen molar-refractivity contribution in [1.82, 2.24) is 19.5 Å². The fourth-order valence-corrected chi connectivity index (χ4v) is 2.99. The number of nitrogens with zero attached hydrogens (tertiary/aromatic N) is 5. The van der Waals surface area contributed by atoms with E-state index in [-0.39, 0.29) is 5.56 Å². The third-order valence-corrected chi connectivity index (χ3v) is 4.20. The third-order valence-electron chi connectivity index (χ3n) is 4.20. The van der Waals surface area contributed by atoms with Gasteiger partial charge in [0.25, 0.3) is 5.56 Å². The summed E-state index contributed by atoms with van der Waals surface area (Å²) < 4.78 is 1.71. The first kappa shape index (κ1) is 15.3. The van der Waals surface area contributed by atoms with Gasteiger partial charge in [-0.25, -0.2) is 9.97 Å². The predicted molar refractivity (Wildman–Crippen MR) is 97.1 cm³/mol. The smallest absolute Gasteiger partial charge is 0.255 e. The molecule has 0 unspecified atom stereocenters. The molecule has 7 heteroatoms. The molecule has 0 bridgehead atoms. The summed E-state index contributed by atoms with van der Waals surface area (Å²) in [5, 5.41) is 2.94. The van der Waals surface area contributed by atoms with Crippen molar-refractivity contribution in [3.63, 3.8) is 0 Å². The second-order valence-corrected chi connectivity index (χ2v) is 5.79. The molecule has 0 aliphatic carbocycles. The summed E-state index contributed by atoms with van der Waals surface area (Å²) in [6, 6.07) is 13.2. The van der Waals surface area contributed by atoms with Gasteiger partial charge < -0.3 is 5.32 Å². The zero-order valence-corrected chi connectivity index (χ0v) is 13.9. The fourth-order valence-electron chi connectivity index (χ4n) is 2.99. The van der Waals surface area contributed by atoms with E-state index < -0.39 is 0 Å². The molecule has 1 aliphatic rings. The molecule has 0 saturated carbocycles. The van der Waals surface area contributed by atoms with E-state index in [0.717, 1.165) is 24.3 Å². The van der Waals surface area contributed by atoms with Gasteiger partial charge in [-0.15, -0.1) is 0 Å². The third kappa shape index (κ3) is 2.84. The highest BCUT2D eigenvalue weighted by Crippen LogP contribution is 2.27. The highest BCUT2D eigenvalue weighted by molar-refractivity contribution is 5.63. The van der Waals surface area contributed by atoms with E-state index in [9.17, 15) is 4.79 Å². The Bertz CT molecular complexity index is 953. The number of fused-ring (bicyclic) bond motifs is 1. The van der Waals surface area contributed by atoms with Crippen molar-refractivity contribution in [3.8, 4) is 11.3 Å². The SMILES string of the molecule is CNc1nccc(N2CCCn3c2nc(-c2ccccc2)cc3=O)n1. The molecule has 0 amide bonds. The molecule has 0 fully saturated rings. The molecule has 25 heavy (non-hydrogen) atoms. The standard InChI is InChI=1S/C18H18N6O/c1-19-17-20-9-8-15(22-17)23-10-5-11-24-16(25)12-14(21-18(23)24)13-6-3-2-4-7-13/h2-4,6-9,12H,5,10-11H2,1H3,(H,19,20,22). The number of benzene rings is 1. The summed E-state index contributed by atoms with van der Waals surface area (Å²) in [5.74, 6) is 1.89. The number of aromatic nitrogens is 4. The molecule has 7 nitrogen and oxygen atoms in total. The lowest BCUT2D eigenvalue weighted by Gasteiger charge is -2.30. The lowest BCUT2D eigenvalue weighted by molar-refractivity contribution is 0.561. The number of nitrogens with one attached hydrogen (secondary N) is 1. The summed E-state index contributed by atoms with van der Waals surface area (Å²) in [7, 11) is 1.78. The minimum absolute atomic E-state index is 0.0450. The van der Waals surface area contributed by atoms with E-state index in [1.807, 2.05) is 41.3 Å². The van der Waals surface area contributed by atoms with Crippen LogP contribution >= 0.6 is 0 Å². The van der Waals surface area contributed by atoms with Crippen molar-refractivity contribution in [3.05, 3.63) is 59.0 Å². The molecule has 0 radical (unpaired) electrons. The minimum atomic E-state index is -0.0450. The van der Waals surface area contributed by atoms with E-state index in [2.05, 4.69) is 15.3 Å². The summed E-state index contributed by atoms with van der Waals surface area (Å²) in [6.07, 6.45) is 2.56. The van der Waals surface area contributed by atoms with Crippen LogP contribution in [0.1, 0.15) is 6.42 Å². The van der Waals surface area contributed by atoms with Crippen LogP contribution in [0.4, 0.5) is 17.7 Å². The Balaban J connectivity index is 1.85. The fraction of sp³-hybridized carbons (Fsp3) is 0.222. The summed E-state index contributed by atoms with van der Waals surface area (Å²) in [5.41, 5.74) is 1.55. The lowest BCUT2D eigenvalue weighted by atomic mass is 10.1. The zero-order chi connectivity index (χ0) is 17.2. The van der Waals surface area contributed by atoms with Crippen molar-refractivity contribution in [2.45, 2.75) is 13.0 Å². The number of hydrogen-bond donors (Lipinski definition) is 1. The second-order valence-electron chi connectivity index (χ2n) is 5.79. The maximum Gasteiger partial charge on any atom is 0.255 e. The van der Waals surface area contributed by atoms with Gasteiger partial charge in [-0.1, -0.05) is 30.3 Å². The van der Waals surface area contributed by atoms with Crippen LogP contribution in [-0.4, -0.2) is 33.1 Å². The molecule has 4 rings (SSSR count). The Morgan fingerprint density at radius 3 is 2.72 bits per heavy atom. The lowest BCUT2D eigenvalue weighted by Crippen LogP contribution is -2.36. The van der Waals surface area contributed by atoms with Crippen LogP contribution in [0.3, 0.4) is 0 Å². The maximum absolute atomic E-state index is 12.6. The Labute approximate surface area is 145 Å². The van der Waals surface area contributed by atoms with E-state index in [1.165, 1.54) is 0 Å². The second kappa shape index (κ2) is 6.35. The molecular formula is C18H18N6O. The first-order valence-electron chi connectivity index (χ1n) is 8.22. The predicted octanol–water partition coefficient (Wildman–Crippen LogP) is 2.28. The topological polar surface area (TPSA) is 75.9 Å². The van der Waals surface area contributed by atoms with Crippen LogP contribution < -0.4 is 15.8 Å². The summed E-state index contributed by atoms with van der Waals surface area (Å²) >= 11 is 0. The van der Waals surface area contributed by atoms with Gasteiger partial charge in [-0.3, -0.25) is 14.3 Å². The van der Waals surface area contributed by atoms with Crippen LogP contribution in [0, 0.1) is 0 Å². The Kier molecular flexibility index (Phi) is 3.89. The molecule has 0 saturated heterocycles. The first-order valence-corrected chi connectivity index (χ1v) is 8.22. The van der Waals surface area contributed by atoms with Gasteiger partial charge in [-0.2, -0.15) is 4.98 Å². The first-order chi connectivity index (χ1) is 12.3. The van der Waals surface area contributed by atoms with Gasteiger partial charge in [0, 0.05) is 38.0 Å². The van der Waals surface area contributed by atoms with Crippen LogP contribution in [0.2, 0.25) is 0 Å². The van der Waals surface area contributed by atoms with Gasteiger partial charge in [0.05, 0.1) is 5.69 Å². The van der Waals surface area contributed by atoms with Crippen molar-refractivity contribution in [2.24, 2.45) is 0 Å². The molecule has 1 N–H and O–H groups in total. The van der Waals surface area contributed by atoms with E-state index in [0.29, 0.717) is 24.1 Å². The minimum Gasteiger partial charge on any atom is -0.357 e. The van der Waals surface area contributed by atoms with Gasteiger partial charge >= 0.3 is 0 Å². The van der Waals surface area contributed by atoms with Crippen molar-refractivity contribution < 1.29 is 0 Å². The molecule has 3 aromatic rings. The molecule has 2 aromatic heterocycles. The molecule has 0 atom stereocenters. The molecular weight excluding hydrogens is 316 g/mol. The van der Waals surface area contributed by atoms with Crippen LogP contribution in [0.25, 0.3) is 11.3 Å². The van der Waals surface area contributed by atoms with E-state index in [1.54, 1.807) is 23.9 Å². The number of rotatable bonds is 3. The average molecular weight is 334 g/mol. The van der Waals surface area contributed by atoms with E-state index >= 15 is 0 Å². The molecule has 1 aromatic carbocycles. The van der Waals surface area contributed by atoms with Crippen LogP contribution in [0.15, 0.2) is 53.5 Å². The average Bonchev–Trinajstić information content (AvgIpc) is 2.68. The molecule has 3 heterocycles. The van der Waals surface area contributed by atoms with Gasteiger partial charge in [0.1, 0.15) is 5.82 Å². The molecule has 126 valence electrons. The number of anilines is 3. The monoisotopic (exact) mass is 334 g/mol. The normalized spacial score (nSPS) is 13.4. The van der Waals surface area contributed by atoms with Gasteiger partial charge in [0.15, 0.2) is 0 Å². The van der Waals surface area contributed by atoms with Crippen molar-refractivity contribution in [2.75, 3.05) is 23.8 Å². The van der Waals surface area contributed by atoms with E-state index in [4.69, 9.17) is 4.98 Å². The highest BCUT2D eigenvalue weighted by Gasteiger charge is 2.23. The highest BCUT2D eigenvalue weighted by atomic mass is 16.1. The largest absolute Gasteiger partial charge is 0.357 e. The maximum atomic E-state index is 12.6. The zero-order valence-electron chi connectivity index (χ0n) is 13.9. The van der Waals surface area contributed by atoms with Crippen molar-refractivity contribution in [1.29, 1.82) is 0 Å². The van der Waals surface area contributed by atoms with Crippen LogP contribution in [0.5, 0.6) is 0 Å².